The predicted octanol–water partition coefficient (Wildman–Crippen LogP) is 1.74. The van der Waals surface area contributed by atoms with Crippen LogP contribution in [0.2, 0.25) is 0 Å². The molecule has 2 aromatic rings. The first kappa shape index (κ1) is 12.0. The van der Waals surface area contributed by atoms with Gasteiger partial charge < -0.3 is 10.4 Å². The topological polar surface area (TPSA) is 88.0 Å². The number of carboxylic acid groups (broad SMARTS) is 1. The molecular weight excluding hydrogens is 232 g/mol. The van der Waals surface area contributed by atoms with E-state index in [2.05, 4.69) is 20.3 Å². The highest BCUT2D eigenvalue weighted by Gasteiger charge is 2.10. The van der Waals surface area contributed by atoms with Gasteiger partial charge in [0.05, 0.1) is 11.7 Å². The minimum Gasteiger partial charge on any atom is -0.477 e. The lowest BCUT2D eigenvalue weighted by molar-refractivity contribution is 0.0690. The van der Waals surface area contributed by atoms with Gasteiger partial charge in [0.15, 0.2) is 5.69 Å². The molecule has 0 spiro atoms. The summed E-state index contributed by atoms with van der Waals surface area (Å²) in [5.41, 5.74) is 0.794. The van der Waals surface area contributed by atoms with E-state index in [4.69, 9.17) is 5.11 Å². The van der Waals surface area contributed by atoms with Crippen LogP contribution in [0.3, 0.4) is 0 Å². The monoisotopic (exact) mass is 244 g/mol. The van der Waals surface area contributed by atoms with Crippen LogP contribution in [0, 0.1) is 0 Å². The minimum absolute atomic E-state index is 0.0410. The van der Waals surface area contributed by atoms with E-state index >= 15 is 0 Å². The standard InChI is InChI=1S/C12H12N4O2/c1-8(9-4-2-3-6-13-9)15-12-14-7-5-10(16-12)11(17)18/h2-8H,1H3,(H,17,18)(H,14,15,16). The molecule has 0 radical (unpaired) electrons. The Morgan fingerprint density at radius 3 is 2.78 bits per heavy atom. The first-order chi connectivity index (χ1) is 8.66. The van der Waals surface area contributed by atoms with Crippen LogP contribution < -0.4 is 5.32 Å². The highest BCUT2D eigenvalue weighted by Crippen LogP contribution is 2.13. The summed E-state index contributed by atoms with van der Waals surface area (Å²) in [7, 11) is 0. The third-order valence-electron chi connectivity index (χ3n) is 2.35. The van der Waals surface area contributed by atoms with Crippen LogP contribution in [0.15, 0.2) is 36.7 Å². The molecule has 18 heavy (non-hydrogen) atoms. The summed E-state index contributed by atoms with van der Waals surface area (Å²) in [4.78, 5) is 22.8. The Morgan fingerprint density at radius 2 is 2.11 bits per heavy atom. The van der Waals surface area contributed by atoms with Gasteiger partial charge in [0.2, 0.25) is 5.95 Å². The highest BCUT2D eigenvalue weighted by atomic mass is 16.4. The van der Waals surface area contributed by atoms with Crippen LogP contribution in [0.1, 0.15) is 29.1 Å². The molecule has 0 bridgehead atoms. The Hall–Kier alpha value is -2.50. The van der Waals surface area contributed by atoms with Gasteiger partial charge in [0.25, 0.3) is 0 Å². The van der Waals surface area contributed by atoms with Crippen LogP contribution in [0.25, 0.3) is 0 Å². The number of nitrogens with one attached hydrogen (secondary N) is 1. The van der Waals surface area contributed by atoms with Crippen molar-refractivity contribution in [3.8, 4) is 0 Å². The number of aromatic nitrogens is 3. The number of carboxylic acids is 1. The number of hydrogen-bond donors (Lipinski definition) is 2. The average Bonchev–Trinajstić information content (AvgIpc) is 2.40. The Bertz CT molecular complexity index is 545. The highest BCUT2D eigenvalue weighted by molar-refractivity contribution is 5.85. The third kappa shape index (κ3) is 2.79. The molecule has 2 heterocycles. The maximum atomic E-state index is 10.8. The van der Waals surface area contributed by atoms with Crippen LogP contribution in [0.4, 0.5) is 5.95 Å². The van der Waals surface area contributed by atoms with Crippen LogP contribution in [0.5, 0.6) is 0 Å². The third-order valence-corrected chi connectivity index (χ3v) is 2.35. The number of rotatable bonds is 4. The summed E-state index contributed by atoms with van der Waals surface area (Å²) in [5, 5.41) is 11.8. The summed E-state index contributed by atoms with van der Waals surface area (Å²) in [6.07, 6.45) is 3.10. The first-order valence-electron chi connectivity index (χ1n) is 5.40. The molecule has 1 atom stereocenters. The van der Waals surface area contributed by atoms with Gasteiger partial charge >= 0.3 is 5.97 Å². The molecule has 0 aliphatic carbocycles. The summed E-state index contributed by atoms with van der Waals surface area (Å²) >= 11 is 0. The molecule has 6 heteroatoms. The van der Waals surface area contributed by atoms with Crippen molar-refractivity contribution < 1.29 is 9.90 Å². The normalized spacial score (nSPS) is 11.8. The number of nitrogens with zero attached hydrogens (tertiary/aromatic N) is 3. The van der Waals surface area contributed by atoms with Crippen molar-refractivity contribution in [1.82, 2.24) is 15.0 Å². The molecule has 2 aromatic heterocycles. The molecule has 0 aromatic carbocycles. The minimum atomic E-state index is -1.08. The number of pyridine rings is 1. The Labute approximate surface area is 104 Å². The zero-order valence-electron chi connectivity index (χ0n) is 9.74. The van der Waals surface area contributed by atoms with Gasteiger partial charge in [-0.3, -0.25) is 4.98 Å². The molecule has 0 amide bonds. The van der Waals surface area contributed by atoms with Gasteiger partial charge in [0.1, 0.15) is 0 Å². The number of carbonyl (C=O) groups is 1. The molecule has 0 saturated heterocycles. The van der Waals surface area contributed by atoms with Crippen molar-refractivity contribution in [2.75, 3.05) is 5.32 Å². The molecule has 0 aliphatic heterocycles. The fourth-order valence-corrected chi connectivity index (χ4v) is 1.45. The van der Waals surface area contributed by atoms with Crippen molar-refractivity contribution in [2.45, 2.75) is 13.0 Å². The van der Waals surface area contributed by atoms with Gasteiger partial charge in [-0.15, -0.1) is 0 Å². The van der Waals surface area contributed by atoms with Crippen LogP contribution >= 0.6 is 0 Å². The van der Waals surface area contributed by atoms with E-state index in [0.29, 0.717) is 0 Å². The van der Waals surface area contributed by atoms with E-state index < -0.39 is 5.97 Å². The van der Waals surface area contributed by atoms with E-state index in [9.17, 15) is 4.79 Å². The number of hydrogen-bond acceptors (Lipinski definition) is 5. The quantitative estimate of drug-likeness (QED) is 0.851. The van der Waals surface area contributed by atoms with E-state index in [1.54, 1.807) is 6.20 Å². The lowest BCUT2D eigenvalue weighted by Crippen LogP contribution is -2.12. The number of anilines is 1. The van der Waals surface area contributed by atoms with Gasteiger partial charge in [-0.05, 0) is 25.1 Å². The van der Waals surface area contributed by atoms with Gasteiger partial charge in [0, 0.05) is 12.4 Å². The SMILES string of the molecule is CC(Nc1nccc(C(=O)O)n1)c1ccccn1. The van der Waals surface area contributed by atoms with E-state index in [1.807, 2.05) is 25.1 Å². The maximum Gasteiger partial charge on any atom is 0.354 e. The molecule has 0 fully saturated rings. The number of aromatic carboxylic acids is 1. The molecule has 1 unspecified atom stereocenters. The Kier molecular flexibility index (Phi) is 3.47. The summed E-state index contributed by atoms with van der Waals surface area (Å²) < 4.78 is 0. The van der Waals surface area contributed by atoms with Gasteiger partial charge in [-0.25, -0.2) is 14.8 Å². The molecule has 0 aliphatic rings. The van der Waals surface area contributed by atoms with E-state index in [-0.39, 0.29) is 17.7 Å². The Balaban J connectivity index is 2.14. The van der Waals surface area contributed by atoms with Crippen molar-refractivity contribution in [3.63, 3.8) is 0 Å². The fraction of sp³-hybridized carbons (Fsp3) is 0.167. The van der Waals surface area contributed by atoms with Crippen LogP contribution in [-0.4, -0.2) is 26.0 Å². The molecule has 2 N–H and O–H groups in total. The summed E-state index contributed by atoms with van der Waals surface area (Å²) in [6.45, 7) is 1.90. The van der Waals surface area contributed by atoms with Crippen molar-refractivity contribution in [3.05, 3.63) is 48.0 Å². The second-order valence-electron chi connectivity index (χ2n) is 3.69. The second kappa shape index (κ2) is 5.22. The zero-order valence-corrected chi connectivity index (χ0v) is 9.74. The molecular formula is C12H12N4O2. The molecule has 2 rings (SSSR count). The maximum absolute atomic E-state index is 10.8. The molecule has 6 nitrogen and oxygen atoms in total. The van der Waals surface area contributed by atoms with Gasteiger partial charge in [-0.1, -0.05) is 6.07 Å². The predicted molar refractivity (Wildman–Crippen MR) is 65.3 cm³/mol. The second-order valence-corrected chi connectivity index (χ2v) is 3.69. The summed E-state index contributed by atoms with van der Waals surface area (Å²) in [5.74, 6) is -0.806. The van der Waals surface area contributed by atoms with Crippen LogP contribution in [-0.2, 0) is 0 Å². The van der Waals surface area contributed by atoms with Crippen molar-refractivity contribution in [1.29, 1.82) is 0 Å². The Morgan fingerprint density at radius 1 is 1.28 bits per heavy atom. The molecule has 0 saturated carbocycles. The molecule has 92 valence electrons. The first-order valence-corrected chi connectivity index (χ1v) is 5.40. The largest absolute Gasteiger partial charge is 0.477 e. The van der Waals surface area contributed by atoms with E-state index in [1.165, 1.54) is 12.3 Å². The zero-order chi connectivity index (χ0) is 13.0. The lowest BCUT2D eigenvalue weighted by Gasteiger charge is -2.12. The average molecular weight is 244 g/mol. The van der Waals surface area contributed by atoms with Crippen molar-refractivity contribution >= 4 is 11.9 Å². The van der Waals surface area contributed by atoms with Gasteiger partial charge in [-0.2, -0.15) is 0 Å². The lowest BCUT2D eigenvalue weighted by atomic mass is 10.2. The van der Waals surface area contributed by atoms with Crippen molar-refractivity contribution in [2.24, 2.45) is 0 Å². The smallest absolute Gasteiger partial charge is 0.354 e. The van der Waals surface area contributed by atoms with E-state index in [0.717, 1.165) is 5.69 Å². The fourth-order valence-electron chi connectivity index (χ4n) is 1.45. The summed E-state index contributed by atoms with van der Waals surface area (Å²) in [6, 6.07) is 6.83.